The highest BCUT2D eigenvalue weighted by Gasteiger charge is 2.43. The number of hydrogen-bond acceptors (Lipinski definition) is 6. The summed E-state index contributed by atoms with van der Waals surface area (Å²) in [6.45, 7) is 2.36. The molecule has 0 bridgehead atoms. The topological polar surface area (TPSA) is 90.2 Å². The van der Waals surface area contributed by atoms with E-state index in [4.69, 9.17) is 9.84 Å². The highest BCUT2D eigenvalue weighted by molar-refractivity contribution is 8.00. The molecule has 0 saturated carbocycles. The van der Waals surface area contributed by atoms with Gasteiger partial charge < -0.3 is 25.2 Å². The van der Waals surface area contributed by atoms with E-state index in [2.05, 4.69) is 6.92 Å². The quantitative estimate of drug-likeness (QED) is 0.494. The van der Waals surface area contributed by atoms with Gasteiger partial charge in [-0.25, -0.2) is 0 Å². The van der Waals surface area contributed by atoms with Crippen LogP contribution in [0.4, 0.5) is 0 Å². The molecule has 0 amide bonds. The van der Waals surface area contributed by atoms with Crippen LogP contribution < -0.4 is 0 Å². The fraction of sp³-hybridized carbons (Fsp3) is 1.00. The van der Waals surface area contributed by atoms with Gasteiger partial charge in [-0.1, -0.05) is 19.8 Å². The summed E-state index contributed by atoms with van der Waals surface area (Å²) in [6, 6.07) is 0. The van der Waals surface area contributed by atoms with E-state index in [9.17, 15) is 15.3 Å². The van der Waals surface area contributed by atoms with Crippen LogP contribution in [0.2, 0.25) is 0 Å². The Morgan fingerprint density at radius 3 is 2.35 bits per heavy atom. The van der Waals surface area contributed by atoms with Gasteiger partial charge in [0.25, 0.3) is 0 Å². The molecule has 0 aliphatic carbocycles. The van der Waals surface area contributed by atoms with Gasteiger partial charge in [0.05, 0.1) is 18.0 Å². The maximum absolute atomic E-state index is 9.74. The van der Waals surface area contributed by atoms with Crippen LogP contribution >= 0.6 is 11.8 Å². The second kappa shape index (κ2) is 7.56. The standard InChI is InChI=1S/C11H22O5S/c1-2-3-4-5-16-11-10(15)9(14)8(13)7(6-12)17-11/h7-15H,2-6H2,1H3/t7-,8-,9+,10-,11?/m1/s1. The molecular formula is C11H22O5S. The van der Waals surface area contributed by atoms with Crippen molar-refractivity contribution < 1.29 is 25.2 Å². The van der Waals surface area contributed by atoms with Gasteiger partial charge in [-0.05, 0) is 6.42 Å². The summed E-state index contributed by atoms with van der Waals surface area (Å²) in [5.74, 6) is 0. The zero-order chi connectivity index (χ0) is 12.8. The van der Waals surface area contributed by atoms with E-state index in [1.165, 1.54) is 11.8 Å². The summed E-state index contributed by atoms with van der Waals surface area (Å²) in [4.78, 5) is 0. The normalized spacial score (nSPS) is 38.3. The summed E-state index contributed by atoms with van der Waals surface area (Å²) in [7, 11) is 0. The average Bonchev–Trinajstić information content (AvgIpc) is 2.34. The molecule has 4 N–H and O–H groups in total. The number of unbranched alkanes of at least 4 members (excludes halogenated alkanes) is 2. The Kier molecular flexibility index (Phi) is 6.76. The highest BCUT2D eigenvalue weighted by Crippen LogP contribution is 2.33. The van der Waals surface area contributed by atoms with Gasteiger partial charge in [-0.15, -0.1) is 11.8 Å². The molecule has 5 nitrogen and oxygen atoms in total. The van der Waals surface area contributed by atoms with Crippen LogP contribution in [0.25, 0.3) is 0 Å². The molecule has 1 heterocycles. The lowest BCUT2D eigenvalue weighted by Crippen LogP contribution is -2.54. The molecule has 0 aromatic rings. The van der Waals surface area contributed by atoms with Gasteiger partial charge in [0.15, 0.2) is 0 Å². The SMILES string of the molecule is CCCCCOC1S[C@H](CO)[C@@H](O)[C@H](O)[C@H]1O. The van der Waals surface area contributed by atoms with Gasteiger partial charge in [0, 0.05) is 6.61 Å². The number of hydrogen-bond donors (Lipinski definition) is 4. The molecule has 0 aromatic heterocycles. The fourth-order valence-corrected chi connectivity index (χ4v) is 3.01. The predicted octanol–water partition coefficient (Wildman–Crippen LogP) is -0.290. The number of aliphatic hydroxyl groups is 4. The minimum absolute atomic E-state index is 0.246. The maximum atomic E-state index is 9.74. The molecule has 1 aliphatic heterocycles. The molecule has 102 valence electrons. The minimum Gasteiger partial charge on any atom is -0.395 e. The summed E-state index contributed by atoms with van der Waals surface area (Å²) in [6.07, 6.45) is -0.436. The largest absolute Gasteiger partial charge is 0.395 e. The first-order valence-electron chi connectivity index (χ1n) is 6.04. The van der Waals surface area contributed by atoms with Crippen LogP contribution in [0.15, 0.2) is 0 Å². The molecule has 1 fully saturated rings. The molecule has 1 rings (SSSR count). The molecule has 5 atom stereocenters. The highest BCUT2D eigenvalue weighted by atomic mass is 32.2. The Hall–Kier alpha value is 0.150. The fourth-order valence-electron chi connectivity index (χ4n) is 1.76. The van der Waals surface area contributed by atoms with Crippen molar-refractivity contribution >= 4 is 11.8 Å². The van der Waals surface area contributed by atoms with E-state index in [1.54, 1.807) is 0 Å². The molecule has 6 heteroatoms. The van der Waals surface area contributed by atoms with Crippen molar-refractivity contribution in [2.24, 2.45) is 0 Å². The van der Waals surface area contributed by atoms with Crippen LogP contribution in [0.5, 0.6) is 0 Å². The maximum Gasteiger partial charge on any atom is 0.132 e. The van der Waals surface area contributed by atoms with Gasteiger partial charge in [0.2, 0.25) is 0 Å². The van der Waals surface area contributed by atoms with E-state index in [0.717, 1.165) is 19.3 Å². The third kappa shape index (κ3) is 4.08. The Balaban J connectivity index is 2.42. The molecule has 1 aliphatic rings. The first kappa shape index (κ1) is 15.2. The molecule has 17 heavy (non-hydrogen) atoms. The lowest BCUT2D eigenvalue weighted by atomic mass is 10.0. The summed E-state index contributed by atoms with van der Waals surface area (Å²) >= 11 is 1.18. The van der Waals surface area contributed by atoms with Crippen molar-refractivity contribution in [3.63, 3.8) is 0 Å². The third-order valence-electron chi connectivity index (χ3n) is 2.88. The number of thioether (sulfide) groups is 1. The summed E-state index contributed by atoms with van der Waals surface area (Å²) in [5, 5.41) is 37.5. The number of aliphatic hydroxyl groups excluding tert-OH is 4. The van der Waals surface area contributed by atoms with Crippen LogP contribution in [-0.4, -0.2) is 62.6 Å². The van der Waals surface area contributed by atoms with Crippen LogP contribution in [-0.2, 0) is 4.74 Å². The summed E-state index contributed by atoms with van der Waals surface area (Å²) < 4.78 is 5.48. The van der Waals surface area contributed by atoms with Gasteiger partial charge in [-0.3, -0.25) is 0 Å². The lowest BCUT2D eigenvalue weighted by molar-refractivity contribution is -0.109. The van der Waals surface area contributed by atoms with Crippen LogP contribution in [0, 0.1) is 0 Å². The minimum atomic E-state index is -1.26. The van der Waals surface area contributed by atoms with Gasteiger partial charge in [0.1, 0.15) is 17.6 Å². The third-order valence-corrected chi connectivity index (χ3v) is 4.34. The molecule has 1 unspecified atom stereocenters. The van der Waals surface area contributed by atoms with Crippen LogP contribution in [0.3, 0.4) is 0 Å². The first-order valence-corrected chi connectivity index (χ1v) is 6.98. The monoisotopic (exact) mass is 266 g/mol. The van der Waals surface area contributed by atoms with E-state index in [1.807, 2.05) is 0 Å². The second-order valence-electron chi connectivity index (χ2n) is 4.28. The van der Waals surface area contributed by atoms with Crippen molar-refractivity contribution in [2.45, 2.75) is 55.2 Å². The van der Waals surface area contributed by atoms with E-state index >= 15 is 0 Å². The zero-order valence-electron chi connectivity index (χ0n) is 10.0. The Bertz CT molecular complexity index is 214. The first-order chi connectivity index (χ1) is 8.11. The zero-order valence-corrected chi connectivity index (χ0v) is 10.8. The number of rotatable bonds is 6. The lowest BCUT2D eigenvalue weighted by Gasteiger charge is -2.39. The van der Waals surface area contributed by atoms with Gasteiger partial charge in [-0.2, -0.15) is 0 Å². The molecule has 0 aromatic carbocycles. The Labute approximate surface area is 106 Å². The Morgan fingerprint density at radius 1 is 1.06 bits per heavy atom. The van der Waals surface area contributed by atoms with Crippen molar-refractivity contribution in [3.8, 4) is 0 Å². The molecule has 0 radical (unpaired) electrons. The second-order valence-corrected chi connectivity index (χ2v) is 5.62. The average molecular weight is 266 g/mol. The number of ether oxygens (including phenoxy) is 1. The van der Waals surface area contributed by atoms with Gasteiger partial charge >= 0.3 is 0 Å². The van der Waals surface area contributed by atoms with Crippen molar-refractivity contribution in [3.05, 3.63) is 0 Å². The van der Waals surface area contributed by atoms with Crippen molar-refractivity contribution in [2.75, 3.05) is 13.2 Å². The summed E-state index contributed by atoms with van der Waals surface area (Å²) in [5.41, 5.74) is -0.581. The van der Waals surface area contributed by atoms with Crippen molar-refractivity contribution in [1.29, 1.82) is 0 Å². The Morgan fingerprint density at radius 2 is 1.76 bits per heavy atom. The van der Waals surface area contributed by atoms with E-state index in [-0.39, 0.29) is 6.61 Å². The molecule has 0 spiro atoms. The smallest absolute Gasteiger partial charge is 0.132 e. The van der Waals surface area contributed by atoms with E-state index < -0.39 is 29.0 Å². The predicted molar refractivity (Wildman–Crippen MR) is 65.8 cm³/mol. The molecule has 1 saturated heterocycles. The van der Waals surface area contributed by atoms with Crippen molar-refractivity contribution in [1.82, 2.24) is 0 Å². The molecular weight excluding hydrogens is 244 g/mol. The van der Waals surface area contributed by atoms with E-state index in [0.29, 0.717) is 6.61 Å². The van der Waals surface area contributed by atoms with Crippen LogP contribution in [0.1, 0.15) is 26.2 Å².